The van der Waals surface area contributed by atoms with Gasteiger partial charge in [0.15, 0.2) is 0 Å². The highest BCUT2D eigenvalue weighted by Crippen LogP contribution is 2.35. The van der Waals surface area contributed by atoms with E-state index in [1.807, 2.05) is 50.2 Å². The van der Waals surface area contributed by atoms with Crippen LogP contribution in [0.5, 0.6) is 0 Å². The van der Waals surface area contributed by atoms with Crippen LogP contribution < -0.4 is 10.6 Å². The second kappa shape index (κ2) is 5.34. The highest BCUT2D eigenvalue weighted by molar-refractivity contribution is 5.98. The zero-order valence-electron chi connectivity index (χ0n) is 13.8. The molecule has 0 saturated heterocycles. The molecule has 0 fully saturated rings. The van der Waals surface area contributed by atoms with Gasteiger partial charge >= 0.3 is 0 Å². The van der Waals surface area contributed by atoms with E-state index in [1.165, 1.54) is 0 Å². The van der Waals surface area contributed by atoms with Crippen LogP contribution in [0.1, 0.15) is 19.4 Å². The Hall–Kier alpha value is -2.88. The predicted octanol–water partition coefficient (Wildman–Crippen LogP) is 4.50. The normalized spacial score (nSPS) is 15.7. The summed E-state index contributed by atoms with van der Waals surface area (Å²) in [6, 6.07) is 18.1. The van der Waals surface area contributed by atoms with E-state index in [1.54, 1.807) is 0 Å². The lowest BCUT2D eigenvalue weighted by atomic mass is 9.81. The van der Waals surface area contributed by atoms with Gasteiger partial charge in [0, 0.05) is 22.2 Å². The van der Waals surface area contributed by atoms with Crippen LogP contribution in [0.25, 0.3) is 10.9 Å². The number of rotatable bonds is 2. The molecule has 1 amide bonds. The van der Waals surface area contributed by atoms with Crippen LogP contribution >= 0.6 is 0 Å². The number of nitrogens with one attached hydrogen (secondary N) is 2. The molecule has 0 spiro atoms. The zero-order chi connectivity index (χ0) is 16.7. The number of fused-ring (bicyclic) bond motifs is 2. The molecular formula is C20H19N3O. The minimum Gasteiger partial charge on any atom is -0.340 e. The number of carbonyl (C=O) groups is 1. The molecule has 4 heteroatoms. The van der Waals surface area contributed by atoms with Crippen LogP contribution in [0.3, 0.4) is 0 Å². The van der Waals surface area contributed by atoms with Gasteiger partial charge in [-0.2, -0.15) is 0 Å². The van der Waals surface area contributed by atoms with Crippen molar-refractivity contribution < 1.29 is 4.79 Å². The third-order valence-electron chi connectivity index (χ3n) is 4.47. The second-order valence-corrected chi connectivity index (χ2v) is 6.90. The molecule has 1 aliphatic rings. The van der Waals surface area contributed by atoms with E-state index in [0.29, 0.717) is 0 Å². The summed E-state index contributed by atoms with van der Waals surface area (Å²) < 4.78 is 0. The molecule has 4 nitrogen and oxygen atoms in total. The van der Waals surface area contributed by atoms with Crippen LogP contribution in [-0.2, 0) is 11.2 Å². The van der Waals surface area contributed by atoms with Crippen LogP contribution in [0, 0.1) is 5.41 Å². The second-order valence-electron chi connectivity index (χ2n) is 6.90. The minimum absolute atomic E-state index is 0.0758. The number of anilines is 3. The highest BCUT2D eigenvalue weighted by atomic mass is 16.2. The van der Waals surface area contributed by atoms with Crippen molar-refractivity contribution in [3.63, 3.8) is 0 Å². The van der Waals surface area contributed by atoms with Crippen LogP contribution in [0.2, 0.25) is 0 Å². The summed E-state index contributed by atoms with van der Waals surface area (Å²) in [4.78, 5) is 16.7. The Morgan fingerprint density at radius 3 is 2.79 bits per heavy atom. The lowest BCUT2D eigenvalue weighted by Crippen LogP contribution is -2.37. The van der Waals surface area contributed by atoms with Crippen molar-refractivity contribution >= 4 is 34.0 Å². The first kappa shape index (κ1) is 14.7. The smallest absolute Gasteiger partial charge is 0.230 e. The standard InChI is InChI=1S/C20H19N3O/c1-20(2)12-14-11-15(8-9-17(14)23-19(20)24)21-18-10-7-13-5-3-4-6-16(13)22-18/h3-11H,12H2,1-2H3,(H,21,22)(H,23,24). The molecule has 120 valence electrons. The van der Waals surface area contributed by atoms with Gasteiger partial charge in [-0.05, 0) is 48.4 Å². The molecule has 2 aromatic carbocycles. The van der Waals surface area contributed by atoms with E-state index in [-0.39, 0.29) is 11.3 Å². The quantitative estimate of drug-likeness (QED) is 0.731. The molecule has 2 heterocycles. The first-order valence-corrected chi connectivity index (χ1v) is 8.08. The van der Waals surface area contributed by atoms with E-state index in [2.05, 4.69) is 33.8 Å². The number of para-hydroxylation sites is 1. The Morgan fingerprint density at radius 2 is 1.92 bits per heavy atom. The number of amides is 1. The number of benzene rings is 2. The Morgan fingerprint density at radius 1 is 1.08 bits per heavy atom. The number of hydrogen-bond donors (Lipinski definition) is 2. The van der Waals surface area contributed by atoms with Crippen LogP contribution in [-0.4, -0.2) is 10.9 Å². The van der Waals surface area contributed by atoms with E-state index in [0.717, 1.165) is 40.1 Å². The van der Waals surface area contributed by atoms with Gasteiger partial charge in [-0.3, -0.25) is 4.79 Å². The van der Waals surface area contributed by atoms with Crippen molar-refractivity contribution in [2.24, 2.45) is 5.41 Å². The van der Waals surface area contributed by atoms with E-state index < -0.39 is 0 Å². The van der Waals surface area contributed by atoms with Gasteiger partial charge in [-0.15, -0.1) is 0 Å². The molecule has 0 aliphatic carbocycles. The number of pyridine rings is 1. The first-order chi connectivity index (χ1) is 11.5. The van der Waals surface area contributed by atoms with Crippen LogP contribution in [0.4, 0.5) is 17.2 Å². The highest BCUT2D eigenvalue weighted by Gasteiger charge is 2.33. The molecule has 0 radical (unpaired) electrons. The van der Waals surface area contributed by atoms with E-state index >= 15 is 0 Å². The molecule has 0 saturated carbocycles. The number of hydrogen-bond acceptors (Lipinski definition) is 3. The van der Waals surface area contributed by atoms with Gasteiger partial charge in [0.25, 0.3) is 0 Å². The molecular weight excluding hydrogens is 298 g/mol. The molecule has 24 heavy (non-hydrogen) atoms. The molecule has 3 aromatic rings. The molecule has 1 aromatic heterocycles. The maximum absolute atomic E-state index is 12.0. The Bertz CT molecular complexity index is 947. The average molecular weight is 317 g/mol. The number of carbonyl (C=O) groups excluding carboxylic acids is 1. The maximum Gasteiger partial charge on any atom is 0.230 e. The summed E-state index contributed by atoms with van der Waals surface area (Å²) in [5, 5.41) is 7.47. The summed E-state index contributed by atoms with van der Waals surface area (Å²) in [7, 11) is 0. The molecule has 0 atom stereocenters. The molecule has 1 aliphatic heterocycles. The molecule has 2 N–H and O–H groups in total. The average Bonchev–Trinajstić information content (AvgIpc) is 2.56. The van der Waals surface area contributed by atoms with Gasteiger partial charge in [0.2, 0.25) is 5.91 Å². The number of nitrogens with zero attached hydrogens (tertiary/aromatic N) is 1. The Labute approximate surface area is 140 Å². The fourth-order valence-corrected chi connectivity index (χ4v) is 3.07. The van der Waals surface area contributed by atoms with Crippen molar-refractivity contribution in [1.29, 1.82) is 0 Å². The largest absolute Gasteiger partial charge is 0.340 e. The lowest BCUT2D eigenvalue weighted by Gasteiger charge is -2.30. The molecule has 0 unspecified atom stereocenters. The van der Waals surface area contributed by atoms with Crippen LogP contribution in [0.15, 0.2) is 54.6 Å². The Balaban J connectivity index is 1.64. The minimum atomic E-state index is -0.382. The van der Waals surface area contributed by atoms with Gasteiger partial charge in [0.1, 0.15) is 5.82 Å². The Kier molecular flexibility index (Phi) is 3.27. The van der Waals surface area contributed by atoms with E-state index in [9.17, 15) is 4.79 Å². The van der Waals surface area contributed by atoms with E-state index in [4.69, 9.17) is 0 Å². The zero-order valence-corrected chi connectivity index (χ0v) is 13.8. The topological polar surface area (TPSA) is 54.0 Å². The van der Waals surface area contributed by atoms with Gasteiger partial charge in [-0.25, -0.2) is 4.98 Å². The third-order valence-corrected chi connectivity index (χ3v) is 4.47. The van der Waals surface area contributed by atoms with Crippen molar-refractivity contribution in [2.75, 3.05) is 10.6 Å². The monoisotopic (exact) mass is 317 g/mol. The van der Waals surface area contributed by atoms with Crippen molar-refractivity contribution in [1.82, 2.24) is 4.98 Å². The predicted molar refractivity (Wildman–Crippen MR) is 97.6 cm³/mol. The SMILES string of the molecule is CC1(C)Cc2cc(Nc3ccc4ccccc4n3)ccc2NC1=O. The summed E-state index contributed by atoms with van der Waals surface area (Å²) in [6.45, 7) is 3.94. The summed E-state index contributed by atoms with van der Waals surface area (Å²) in [5.74, 6) is 0.889. The van der Waals surface area contributed by atoms with Crippen molar-refractivity contribution in [3.8, 4) is 0 Å². The van der Waals surface area contributed by atoms with Crippen molar-refractivity contribution in [2.45, 2.75) is 20.3 Å². The third kappa shape index (κ3) is 2.60. The number of aromatic nitrogens is 1. The van der Waals surface area contributed by atoms with Gasteiger partial charge in [0.05, 0.1) is 5.52 Å². The summed E-state index contributed by atoms with van der Waals surface area (Å²) in [6.07, 6.45) is 0.731. The fraction of sp³-hybridized carbons (Fsp3) is 0.200. The van der Waals surface area contributed by atoms with Gasteiger partial charge < -0.3 is 10.6 Å². The summed E-state index contributed by atoms with van der Waals surface area (Å²) >= 11 is 0. The summed E-state index contributed by atoms with van der Waals surface area (Å²) in [5.41, 5.74) is 3.60. The maximum atomic E-state index is 12.0. The molecule has 0 bridgehead atoms. The first-order valence-electron chi connectivity index (χ1n) is 8.08. The molecule has 4 rings (SSSR count). The fourth-order valence-electron chi connectivity index (χ4n) is 3.07. The van der Waals surface area contributed by atoms with Crippen molar-refractivity contribution in [3.05, 3.63) is 60.2 Å². The van der Waals surface area contributed by atoms with Gasteiger partial charge in [-0.1, -0.05) is 32.0 Å². The lowest BCUT2D eigenvalue weighted by molar-refractivity contribution is -0.124.